The van der Waals surface area contributed by atoms with E-state index in [1.807, 2.05) is 0 Å². The molecule has 2 aromatic heterocycles. The van der Waals surface area contributed by atoms with Crippen molar-refractivity contribution in [1.82, 2.24) is 20.2 Å². The number of nitrogens with zero attached hydrogens (tertiary/aromatic N) is 4. The molecule has 1 aliphatic heterocycles. The lowest BCUT2D eigenvalue weighted by atomic mass is 10.2. The second-order valence-electron chi connectivity index (χ2n) is 5.24. The molecule has 0 spiro atoms. The van der Waals surface area contributed by atoms with Crippen LogP contribution in [0.25, 0.3) is 0 Å². The number of nitrogens with one attached hydrogen (secondary N) is 2. The van der Waals surface area contributed by atoms with E-state index in [0.29, 0.717) is 5.69 Å². The third-order valence-electron chi connectivity index (χ3n) is 3.62. The minimum absolute atomic E-state index is 0.00450. The van der Waals surface area contributed by atoms with E-state index in [9.17, 15) is 17.2 Å². The van der Waals surface area contributed by atoms with Crippen LogP contribution >= 0.6 is 0 Å². The summed E-state index contributed by atoms with van der Waals surface area (Å²) in [5.41, 5.74) is 0.759. The van der Waals surface area contributed by atoms with E-state index in [1.54, 1.807) is 0 Å². The minimum Gasteiger partial charge on any atom is -0.321 e. The van der Waals surface area contributed by atoms with Gasteiger partial charge in [-0.15, -0.1) is 0 Å². The Hall–Kier alpha value is -3.08. The van der Waals surface area contributed by atoms with Gasteiger partial charge in [-0.25, -0.2) is 26.5 Å². The Morgan fingerprint density at radius 2 is 2.08 bits per heavy atom. The number of hydrogen-bond donors (Lipinski definition) is 2. The highest BCUT2D eigenvalue weighted by atomic mass is 32.2. The molecule has 1 aliphatic rings. The summed E-state index contributed by atoms with van der Waals surface area (Å²) in [4.78, 5) is 7.65. The topological polar surface area (TPSA) is 104 Å². The smallest absolute Gasteiger partial charge is 0.266 e. The molecule has 3 heterocycles. The number of fused-ring (bicyclic) bond motifs is 1. The first-order chi connectivity index (χ1) is 11.9. The molecule has 0 fully saturated rings. The molecule has 8 nitrogen and oxygen atoms in total. The van der Waals surface area contributed by atoms with Crippen molar-refractivity contribution >= 4 is 27.5 Å². The summed E-state index contributed by atoms with van der Waals surface area (Å²) in [6.07, 6.45) is 3.85. The van der Waals surface area contributed by atoms with Crippen LogP contribution in [0.3, 0.4) is 0 Å². The van der Waals surface area contributed by atoms with Gasteiger partial charge >= 0.3 is 0 Å². The molecule has 2 N–H and O–H groups in total. The van der Waals surface area contributed by atoms with E-state index in [4.69, 9.17) is 0 Å². The quantitative estimate of drug-likeness (QED) is 0.736. The SMILES string of the molecule is O=S1(=O)c2ccc(F)cc2CN1c1nc(Nc2cn[nH]c2)ncc1F. The zero-order chi connectivity index (χ0) is 17.6. The number of rotatable bonds is 3. The van der Waals surface area contributed by atoms with E-state index < -0.39 is 27.5 Å². The van der Waals surface area contributed by atoms with Gasteiger partial charge < -0.3 is 5.32 Å². The highest BCUT2D eigenvalue weighted by Crippen LogP contribution is 2.35. The van der Waals surface area contributed by atoms with Crippen LogP contribution < -0.4 is 9.62 Å². The third kappa shape index (κ3) is 2.58. The normalized spacial score (nSPS) is 15.2. The van der Waals surface area contributed by atoms with Gasteiger partial charge in [0, 0.05) is 6.20 Å². The second kappa shape index (κ2) is 5.48. The first kappa shape index (κ1) is 15.4. The maximum absolute atomic E-state index is 14.2. The zero-order valence-electron chi connectivity index (χ0n) is 12.4. The van der Waals surface area contributed by atoms with Gasteiger partial charge in [-0.2, -0.15) is 10.1 Å². The van der Waals surface area contributed by atoms with E-state index in [2.05, 4.69) is 25.5 Å². The van der Waals surface area contributed by atoms with E-state index in [1.165, 1.54) is 12.4 Å². The average Bonchev–Trinajstić information content (AvgIpc) is 3.15. The highest BCUT2D eigenvalue weighted by molar-refractivity contribution is 7.93. The Bertz CT molecular complexity index is 1060. The first-order valence-corrected chi connectivity index (χ1v) is 8.49. The minimum atomic E-state index is -4.03. The van der Waals surface area contributed by atoms with E-state index >= 15 is 0 Å². The van der Waals surface area contributed by atoms with Crippen LogP contribution in [0.2, 0.25) is 0 Å². The maximum Gasteiger partial charge on any atom is 0.266 e. The van der Waals surface area contributed by atoms with Crippen LogP contribution in [0.5, 0.6) is 0 Å². The van der Waals surface area contributed by atoms with Crippen LogP contribution in [-0.4, -0.2) is 28.6 Å². The lowest BCUT2D eigenvalue weighted by molar-refractivity contribution is 0.587. The van der Waals surface area contributed by atoms with Crippen molar-refractivity contribution < 1.29 is 17.2 Å². The Labute approximate surface area is 140 Å². The summed E-state index contributed by atoms with van der Waals surface area (Å²) >= 11 is 0. The molecule has 0 aliphatic carbocycles. The molecule has 11 heteroatoms. The summed E-state index contributed by atoms with van der Waals surface area (Å²) in [5, 5.41) is 9.08. The summed E-state index contributed by atoms with van der Waals surface area (Å²) in [5.74, 6) is -1.90. The molecule has 0 amide bonds. The van der Waals surface area contributed by atoms with Crippen molar-refractivity contribution in [2.45, 2.75) is 11.4 Å². The molecule has 0 saturated carbocycles. The fourth-order valence-electron chi connectivity index (χ4n) is 2.51. The molecular formula is C14H10F2N6O2S. The van der Waals surface area contributed by atoms with Gasteiger partial charge in [0.15, 0.2) is 11.6 Å². The Balaban J connectivity index is 1.75. The zero-order valence-corrected chi connectivity index (χ0v) is 13.3. The molecule has 0 saturated heterocycles. The summed E-state index contributed by atoms with van der Waals surface area (Å²) in [7, 11) is -4.03. The second-order valence-corrected chi connectivity index (χ2v) is 7.07. The van der Waals surface area contributed by atoms with Gasteiger partial charge in [-0.05, 0) is 23.8 Å². The van der Waals surface area contributed by atoms with E-state index in [-0.39, 0.29) is 23.0 Å². The lowest BCUT2D eigenvalue weighted by Crippen LogP contribution is -2.26. The number of benzene rings is 1. The largest absolute Gasteiger partial charge is 0.321 e. The molecule has 4 rings (SSSR count). The van der Waals surface area contributed by atoms with Crippen molar-refractivity contribution in [1.29, 1.82) is 0 Å². The van der Waals surface area contributed by atoms with Crippen molar-refractivity contribution in [3.8, 4) is 0 Å². The average molecular weight is 364 g/mol. The molecule has 3 aromatic rings. The lowest BCUT2D eigenvalue weighted by Gasteiger charge is -2.17. The number of aromatic amines is 1. The van der Waals surface area contributed by atoms with Gasteiger partial charge in [-0.1, -0.05) is 0 Å². The van der Waals surface area contributed by atoms with Crippen LogP contribution in [0.4, 0.5) is 26.2 Å². The van der Waals surface area contributed by atoms with Gasteiger partial charge in [0.25, 0.3) is 10.0 Å². The molecule has 0 unspecified atom stereocenters. The Morgan fingerprint density at radius 1 is 1.24 bits per heavy atom. The number of aromatic nitrogens is 4. The predicted octanol–water partition coefficient (Wildman–Crippen LogP) is 1.93. The number of sulfonamides is 1. The molecule has 0 radical (unpaired) electrons. The summed E-state index contributed by atoms with van der Waals surface area (Å²) in [6, 6.07) is 3.31. The molecule has 1 aromatic carbocycles. The van der Waals surface area contributed by atoms with Crippen LogP contribution in [0.15, 0.2) is 41.7 Å². The molecular weight excluding hydrogens is 354 g/mol. The van der Waals surface area contributed by atoms with Gasteiger partial charge in [-0.3, -0.25) is 5.10 Å². The Morgan fingerprint density at radius 3 is 2.84 bits per heavy atom. The van der Waals surface area contributed by atoms with E-state index in [0.717, 1.165) is 28.7 Å². The number of anilines is 3. The standard InChI is InChI=1S/C14H10F2N6O2S/c15-9-1-2-12-8(3-9)7-22(25(12,23)24)13-11(16)6-17-14(21-13)20-10-4-18-19-5-10/h1-6H,7H2,(H,18,19)(H,17,20,21). The van der Waals surface area contributed by atoms with Gasteiger partial charge in [0.05, 0.1) is 29.5 Å². The summed E-state index contributed by atoms with van der Waals surface area (Å²) < 4.78 is 53.6. The molecule has 0 bridgehead atoms. The van der Waals surface area contributed by atoms with Crippen LogP contribution in [-0.2, 0) is 16.6 Å². The highest BCUT2D eigenvalue weighted by Gasteiger charge is 2.37. The van der Waals surface area contributed by atoms with Gasteiger partial charge in [0.2, 0.25) is 5.95 Å². The monoisotopic (exact) mass is 364 g/mol. The van der Waals surface area contributed by atoms with Crippen molar-refractivity contribution in [3.63, 3.8) is 0 Å². The fourth-order valence-corrected chi connectivity index (χ4v) is 4.11. The van der Waals surface area contributed by atoms with Crippen molar-refractivity contribution in [3.05, 3.63) is 54.0 Å². The third-order valence-corrected chi connectivity index (χ3v) is 5.46. The number of halogens is 2. The number of H-pyrrole nitrogens is 1. The Kier molecular flexibility index (Phi) is 3.39. The first-order valence-electron chi connectivity index (χ1n) is 7.04. The van der Waals surface area contributed by atoms with Crippen molar-refractivity contribution in [2.75, 3.05) is 9.62 Å². The predicted molar refractivity (Wildman–Crippen MR) is 83.6 cm³/mol. The van der Waals surface area contributed by atoms with Crippen molar-refractivity contribution in [2.24, 2.45) is 0 Å². The molecule has 25 heavy (non-hydrogen) atoms. The molecule has 128 valence electrons. The fraction of sp³-hybridized carbons (Fsp3) is 0.0714. The maximum atomic E-state index is 14.2. The molecule has 0 atom stereocenters. The van der Waals surface area contributed by atoms with Crippen LogP contribution in [0.1, 0.15) is 5.56 Å². The van der Waals surface area contributed by atoms with Gasteiger partial charge in [0.1, 0.15) is 5.82 Å². The van der Waals surface area contributed by atoms with Crippen LogP contribution in [0, 0.1) is 11.6 Å². The summed E-state index contributed by atoms with van der Waals surface area (Å²) in [6.45, 7) is -0.214. The number of hydrogen-bond acceptors (Lipinski definition) is 6.